The minimum atomic E-state index is 1.04. The molecular formula is C14H8N2S. The lowest BCUT2D eigenvalue weighted by atomic mass is 10.1. The van der Waals surface area contributed by atoms with Crippen LogP contribution < -0.4 is 0 Å². The summed E-state index contributed by atoms with van der Waals surface area (Å²) in [7, 11) is 0. The molecule has 4 rings (SSSR count). The normalized spacial score (nSPS) is 11.5. The van der Waals surface area contributed by atoms with Crippen LogP contribution >= 0.6 is 11.3 Å². The van der Waals surface area contributed by atoms with E-state index < -0.39 is 0 Å². The lowest BCUT2D eigenvalue weighted by molar-refractivity contribution is 1.44. The Hall–Kier alpha value is -2.00. The van der Waals surface area contributed by atoms with Gasteiger partial charge in [-0.25, -0.2) is 9.97 Å². The van der Waals surface area contributed by atoms with Crippen molar-refractivity contribution in [1.82, 2.24) is 9.97 Å². The zero-order valence-electron chi connectivity index (χ0n) is 8.92. The molecule has 0 bridgehead atoms. The van der Waals surface area contributed by atoms with Crippen LogP contribution in [0.1, 0.15) is 0 Å². The number of aromatic nitrogens is 2. The maximum atomic E-state index is 4.64. The van der Waals surface area contributed by atoms with Crippen molar-refractivity contribution < 1.29 is 0 Å². The molecule has 80 valence electrons. The van der Waals surface area contributed by atoms with E-state index in [4.69, 9.17) is 0 Å². The van der Waals surface area contributed by atoms with Crippen molar-refractivity contribution in [3.05, 3.63) is 48.7 Å². The van der Waals surface area contributed by atoms with Gasteiger partial charge in [0, 0.05) is 22.5 Å². The Morgan fingerprint density at radius 1 is 1.00 bits per heavy atom. The summed E-state index contributed by atoms with van der Waals surface area (Å²) in [6.45, 7) is 0. The maximum Gasteiger partial charge on any atom is 0.126 e. The Morgan fingerprint density at radius 2 is 1.94 bits per heavy atom. The van der Waals surface area contributed by atoms with Crippen LogP contribution in [-0.2, 0) is 0 Å². The van der Waals surface area contributed by atoms with Gasteiger partial charge >= 0.3 is 0 Å². The van der Waals surface area contributed by atoms with Gasteiger partial charge < -0.3 is 0 Å². The van der Waals surface area contributed by atoms with Crippen molar-refractivity contribution >= 4 is 32.5 Å². The minimum absolute atomic E-state index is 1.04. The minimum Gasteiger partial charge on any atom is -0.245 e. The molecule has 0 amide bonds. The van der Waals surface area contributed by atoms with Crippen LogP contribution in [0.15, 0.2) is 48.7 Å². The molecule has 1 aromatic heterocycles. The van der Waals surface area contributed by atoms with Crippen LogP contribution in [0, 0.1) is 0 Å². The fraction of sp³-hybridized carbons (Fsp3) is 0. The summed E-state index contributed by atoms with van der Waals surface area (Å²) in [5.41, 5.74) is 2.29. The highest BCUT2D eigenvalue weighted by atomic mass is 32.1. The lowest BCUT2D eigenvalue weighted by Gasteiger charge is -2.00. The number of benzene rings is 1. The van der Waals surface area contributed by atoms with Gasteiger partial charge in [0.2, 0.25) is 0 Å². The summed E-state index contributed by atoms with van der Waals surface area (Å²) in [5, 5.41) is 3.48. The lowest BCUT2D eigenvalue weighted by Crippen LogP contribution is -1.78. The number of hydrogen-bond acceptors (Lipinski definition) is 3. The number of fused-ring (bicyclic) bond motifs is 4. The van der Waals surface area contributed by atoms with Gasteiger partial charge in [-0.15, -0.1) is 0 Å². The van der Waals surface area contributed by atoms with Crippen molar-refractivity contribution in [3.63, 3.8) is 0 Å². The average molecular weight is 236 g/mol. The van der Waals surface area contributed by atoms with E-state index in [1.807, 2.05) is 18.3 Å². The highest BCUT2D eigenvalue weighted by molar-refractivity contribution is 7.21. The van der Waals surface area contributed by atoms with Crippen molar-refractivity contribution in [1.29, 1.82) is 0 Å². The fourth-order valence-corrected chi connectivity index (χ4v) is 3.11. The predicted molar refractivity (Wildman–Crippen MR) is 71.5 cm³/mol. The van der Waals surface area contributed by atoms with E-state index in [-0.39, 0.29) is 0 Å². The first-order chi connectivity index (χ1) is 8.42. The Kier molecular flexibility index (Phi) is 1.73. The number of para-hydroxylation sites is 1. The van der Waals surface area contributed by atoms with Crippen molar-refractivity contribution in [3.8, 4) is 10.6 Å². The Bertz CT molecular complexity index is 798. The van der Waals surface area contributed by atoms with Gasteiger partial charge in [-0.1, -0.05) is 35.6 Å². The van der Waals surface area contributed by atoms with Gasteiger partial charge in [0.1, 0.15) is 9.84 Å². The van der Waals surface area contributed by atoms with E-state index in [1.54, 1.807) is 11.3 Å². The molecule has 0 fully saturated rings. The molecule has 2 aliphatic rings. The number of nitrogens with zero attached hydrogens (tertiary/aromatic N) is 2. The molecule has 3 heteroatoms. The second-order valence-electron chi connectivity index (χ2n) is 3.99. The van der Waals surface area contributed by atoms with Gasteiger partial charge in [0.05, 0.1) is 5.52 Å². The number of rotatable bonds is 0. The molecule has 0 N–H and O–H groups in total. The summed E-state index contributed by atoms with van der Waals surface area (Å²) in [6, 6.07) is 14.5. The molecule has 0 radical (unpaired) electrons. The second kappa shape index (κ2) is 3.25. The van der Waals surface area contributed by atoms with Crippen LogP contribution in [0.4, 0.5) is 0 Å². The monoisotopic (exact) mass is 236 g/mol. The predicted octanol–water partition coefficient (Wildman–Crippen LogP) is 3.95. The summed E-state index contributed by atoms with van der Waals surface area (Å²) < 4.78 is 0. The van der Waals surface area contributed by atoms with Crippen LogP contribution in [0.3, 0.4) is 0 Å². The molecule has 2 aliphatic heterocycles. The Labute approximate surface area is 102 Å². The highest BCUT2D eigenvalue weighted by Gasteiger charge is 2.13. The van der Waals surface area contributed by atoms with Gasteiger partial charge in [-0.2, -0.15) is 0 Å². The van der Waals surface area contributed by atoms with Crippen LogP contribution in [0.5, 0.6) is 0 Å². The van der Waals surface area contributed by atoms with Crippen molar-refractivity contribution in [2.24, 2.45) is 0 Å². The molecule has 0 unspecified atom stereocenters. The summed E-state index contributed by atoms with van der Waals surface area (Å²) >= 11 is 1.65. The van der Waals surface area contributed by atoms with Crippen molar-refractivity contribution in [2.75, 3.05) is 0 Å². The third-order valence-electron chi connectivity index (χ3n) is 2.94. The first-order valence-corrected chi connectivity index (χ1v) is 6.26. The molecule has 0 saturated carbocycles. The second-order valence-corrected chi connectivity index (χ2v) is 4.97. The molecular weight excluding hydrogens is 228 g/mol. The zero-order chi connectivity index (χ0) is 11.2. The molecule has 17 heavy (non-hydrogen) atoms. The maximum absolute atomic E-state index is 4.64. The Balaban J connectivity index is 2.25. The fourth-order valence-electron chi connectivity index (χ4n) is 2.15. The van der Waals surface area contributed by atoms with E-state index in [1.165, 1.54) is 16.3 Å². The van der Waals surface area contributed by atoms with E-state index in [0.29, 0.717) is 0 Å². The topological polar surface area (TPSA) is 25.8 Å². The first kappa shape index (κ1) is 9.07. The molecule has 3 heterocycles. The van der Waals surface area contributed by atoms with Gasteiger partial charge in [0.25, 0.3) is 0 Å². The smallest absolute Gasteiger partial charge is 0.126 e. The third-order valence-corrected chi connectivity index (χ3v) is 3.98. The van der Waals surface area contributed by atoms with Crippen LogP contribution in [0.2, 0.25) is 0 Å². The van der Waals surface area contributed by atoms with E-state index in [2.05, 4.69) is 40.3 Å². The van der Waals surface area contributed by atoms with Gasteiger partial charge in [-0.3, -0.25) is 0 Å². The van der Waals surface area contributed by atoms with Crippen LogP contribution in [-0.4, -0.2) is 9.97 Å². The molecule has 0 saturated heterocycles. The van der Waals surface area contributed by atoms with E-state index in [0.717, 1.165) is 15.4 Å². The zero-order valence-corrected chi connectivity index (χ0v) is 9.74. The third kappa shape index (κ3) is 1.26. The molecule has 2 nitrogen and oxygen atoms in total. The average Bonchev–Trinajstić information content (AvgIpc) is 2.73. The van der Waals surface area contributed by atoms with E-state index >= 15 is 0 Å². The SMILES string of the molecule is c1cnc2sc3nc4ccccc4c-3cc2c1. The summed E-state index contributed by atoms with van der Waals surface area (Å²) in [5.74, 6) is 0. The molecule has 2 aromatic rings. The summed E-state index contributed by atoms with van der Waals surface area (Å²) in [4.78, 5) is 10.1. The number of hydrogen-bond donors (Lipinski definition) is 0. The number of pyridine rings is 1. The molecule has 1 aromatic carbocycles. The first-order valence-electron chi connectivity index (χ1n) is 5.45. The Morgan fingerprint density at radius 3 is 2.94 bits per heavy atom. The van der Waals surface area contributed by atoms with Gasteiger partial charge in [-0.05, 0) is 18.2 Å². The molecule has 0 aliphatic carbocycles. The highest BCUT2D eigenvalue weighted by Crippen LogP contribution is 2.37. The standard InChI is InChI=1S/C14H8N2S/c1-2-6-12-10(5-1)11-8-9-4-3-7-15-13(9)17-14(11)16-12/h1-8H. The van der Waals surface area contributed by atoms with Gasteiger partial charge in [0.15, 0.2) is 0 Å². The quantitative estimate of drug-likeness (QED) is 0.462. The van der Waals surface area contributed by atoms with E-state index in [9.17, 15) is 0 Å². The summed E-state index contributed by atoms with van der Waals surface area (Å²) in [6.07, 6.45) is 1.83. The van der Waals surface area contributed by atoms with Crippen LogP contribution in [0.25, 0.3) is 31.7 Å². The molecule has 0 spiro atoms. The largest absolute Gasteiger partial charge is 0.245 e. The van der Waals surface area contributed by atoms with Crippen molar-refractivity contribution in [2.45, 2.75) is 0 Å². The molecule has 0 atom stereocenters.